The molecule has 2 heterocycles. The maximum atomic E-state index is 13.0. The molecule has 7 nitrogen and oxygen atoms in total. The van der Waals surface area contributed by atoms with Crippen LogP contribution in [-0.4, -0.2) is 35.7 Å². The van der Waals surface area contributed by atoms with Gasteiger partial charge in [-0.3, -0.25) is 4.79 Å². The number of nitrogens with zero attached hydrogens (tertiary/aromatic N) is 2. The van der Waals surface area contributed by atoms with E-state index in [0.29, 0.717) is 23.3 Å². The molecule has 1 amide bonds. The van der Waals surface area contributed by atoms with Crippen LogP contribution in [0.1, 0.15) is 40.7 Å². The van der Waals surface area contributed by atoms with Crippen molar-refractivity contribution in [3.8, 4) is 28.3 Å². The quantitative estimate of drug-likeness (QED) is 0.339. The van der Waals surface area contributed by atoms with Gasteiger partial charge in [0.1, 0.15) is 5.75 Å². The maximum Gasteiger partial charge on any atom is 0.255 e. The van der Waals surface area contributed by atoms with Crippen molar-refractivity contribution in [2.24, 2.45) is 0 Å². The van der Waals surface area contributed by atoms with Gasteiger partial charge in [-0.1, -0.05) is 35.5 Å². The molecule has 4 aromatic rings. The minimum absolute atomic E-state index is 0.158. The van der Waals surface area contributed by atoms with E-state index in [1.165, 1.54) is 5.57 Å². The Bertz CT molecular complexity index is 1470. The molecule has 0 saturated heterocycles. The van der Waals surface area contributed by atoms with Gasteiger partial charge in [0.15, 0.2) is 0 Å². The first-order chi connectivity index (χ1) is 17.9. The molecule has 5 rings (SSSR count). The standard InChI is InChI=1S/C30H30N4O3/c1-18-15-24(29-32-20(3)37-34-29)9-11-26(18)21-5-7-22(8-6-21)30(35)33-25-10-12-28(36-4)27(17-25)23-13-14-31-19(2)16-23/h5-13,15,17,19,31H,14,16H2,1-4H3,(H,33,35). The van der Waals surface area contributed by atoms with E-state index in [1.54, 1.807) is 14.0 Å². The third-order valence-corrected chi connectivity index (χ3v) is 6.61. The van der Waals surface area contributed by atoms with Gasteiger partial charge in [0.25, 0.3) is 5.91 Å². The summed E-state index contributed by atoms with van der Waals surface area (Å²) in [6, 6.07) is 19.9. The van der Waals surface area contributed by atoms with Crippen LogP contribution < -0.4 is 15.4 Å². The second-order valence-corrected chi connectivity index (χ2v) is 9.36. The van der Waals surface area contributed by atoms with Crippen LogP contribution in [0.2, 0.25) is 0 Å². The van der Waals surface area contributed by atoms with Crippen LogP contribution in [0.15, 0.2) is 71.3 Å². The average Bonchev–Trinajstić information content (AvgIpc) is 3.35. The minimum atomic E-state index is -0.158. The summed E-state index contributed by atoms with van der Waals surface area (Å²) in [6.07, 6.45) is 3.09. The number of anilines is 1. The highest BCUT2D eigenvalue weighted by molar-refractivity contribution is 6.04. The first-order valence-corrected chi connectivity index (χ1v) is 12.3. The molecule has 0 bridgehead atoms. The van der Waals surface area contributed by atoms with Gasteiger partial charge >= 0.3 is 0 Å². The van der Waals surface area contributed by atoms with E-state index >= 15 is 0 Å². The number of carbonyl (C=O) groups is 1. The molecule has 37 heavy (non-hydrogen) atoms. The number of ether oxygens (including phenoxy) is 1. The lowest BCUT2D eigenvalue weighted by atomic mass is 9.95. The number of amides is 1. The van der Waals surface area contributed by atoms with Crippen LogP contribution in [0.4, 0.5) is 5.69 Å². The molecule has 188 valence electrons. The Morgan fingerprint density at radius 1 is 1.03 bits per heavy atom. The molecule has 1 aliphatic heterocycles. The molecule has 0 radical (unpaired) electrons. The van der Waals surface area contributed by atoms with Crippen LogP contribution in [0.25, 0.3) is 28.1 Å². The first kappa shape index (κ1) is 24.5. The SMILES string of the molecule is COc1ccc(NC(=O)c2ccc(-c3ccc(-c4noc(C)n4)cc3C)cc2)cc1C1=CCNC(C)C1. The lowest BCUT2D eigenvalue weighted by molar-refractivity contribution is 0.102. The van der Waals surface area contributed by atoms with Crippen molar-refractivity contribution in [2.75, 3.05) is 19.0 Å². The van der Waals surface area contributed by atoms with Crippen molar-refractivity contribution in [2.45, 2.75) is 33.2 Å². The largest absolute Gasteiger partial charge is 0.496 e. The summed E-state index contributed by atoms with van der Waals surface area (Å²) in [5.41, 5.74) is 7.67. The van der Waals surface area contributed by atoms with Crippen LogP contribution in [0.5, 0.6) is 5.75 Å². The molecule has 0 spiro atoms. The van der Waals surface area contributed by atoms with E-state index in [-0.39, 0.29) is 5.91 Å². The van der Waals surface area contributed by atoms with Gasteiger partial charge in [0.05, 0.1) is 7.11 Å². The van der Waals surface area contributed by atoms with Gasteiger partial charge in [-0.25, -0.2) is 0 Å². The highest BCUT2D eigenvalue weighted by atomic mass is 16.5. The number of hydrogen-bond acceptors (Lipinski definition) is 6. The van der Waals surface area contributed by atoms with Crippen LogP contribution in [0, 0.1) is 13.8 Å². The summed E-state index contributed by atoms with van der Waals surface area (Å²) in [5, 5.41) is 10.5. The van der Waals surface area contributed by atoms with Crippen molar-refractivity contribution in [1.82, 2.24) is 15.5 Å². The molecule has 1 aliphatic rings. The van der Waals surface area contributed by atoms with E-state index in [4.69, 9.17) is 9.26 Å². The van der Waals surface area contributed by atoms with Gasteiger partial charge in [0.2, 0.25) is 11.7 Å². The second-order valence-electron chi connectivity index (χ2n) is 9.36. The predicted octanol–water partition coefficient (Wildman–Crippen LogP) is 6.05. The number of aromatic nitrogens is 2. The van der Waals surface area contributed by atoms with E-state index in [1.807, 2.05) is 67.6 Å². The third-order valence-electron chi connectivity index (χ3n) is 6.61. The lowest BCUT2D eigenvalue weighted by Crippen LogP contribution is -2.30. The summed E-state index contributed by atoms with van der Waals surface area (Å²) in [6.45, 7) is 6.81. The first-order valence-electron chi connectivity index (χ1n) is 12.3. The van der Waals surface area contributed by atoms with Gasteiger partial charge in [-0.2, -0.15) is 4.98 Å². The highest BCUT2D eigenvalue weighted by Gasteiger charge is 2.17. The second kappa shape index (κ2) is 10.4. The molecule has 2 N–H and O–H groups in total. The number of aryl methyl sites for hydroxylation is 2. The summed E-state index contributed by atoms with van der Waals surface area (Å²) in [4.78, 5) is 17.3. The molecular weight excluding hydrogens is 464 g/mol. The van der Waals surface area contributed by atoms with Gasteiger partial charge in [-0.05, 0) is 78.9 Å². The van der Waals surface area contributed by atoms with Crippen molar-refractivity contribution >= 4 is 17.2 Å². The predicted molar refractivity (Wildman–Crippen MR) is 146 cm³/mol. The molecule has 1 aromatic heterocycles. The smallest absolute Gasteiger partial charge is 0.255 e. The Hall–Kier alpha value is -4.23. The zero-order valence-electron chi connectivity index (χ0n) is 21.5. The van der Waals surface area contributed by atoms with E-state index in [9.17, 15) is 4.79 Å². The number of carbonyl (C=O) groups excluding carboxylic acids is 1. The number of hydrogen-bond donors (Lipinski definition) is 2. The summed E-state index contributed by atoms with van der Waals surface area (Å²) in [7, 11) is 1.67. The highest BCUT2D eigenvalue weighted by Crippen LogP contribution is 2.33. The normalized spacial score (nSPS) is 15.2. The molecule has 1 unspecified atom stereocenters. The third kappa shape index (κ3) is 5.32. The van der Waals surface area contributed by atoms with E-state index < -0.39 is 0 Å². The fourth-order valence-corrected chi connectivity index (χ4v) is 4.67. The van der Waals surface area contributed by atoms with Gasteiger partial charge < -0.3 is 19.9 Å². The van der Waals surface area contributed by atoms with E-state index in [2.05, 4.69) is 33.8 Å². The molecule has 3 aromatic carbocycles. The zero-order valence-corrected chi connectivity index (χ0v) is 21.5. The number of methoxy groups -OCH3 is 1. The van der Waals surface area contributed by atoms with Crippen molar-refractivity contribution in [1.29, 1.82) is 0 Å². The maximum absolute atomic E-state index is 13.0. The Morgan fingerprint density at radius 2 is 1.81 bits per heavy atom. The molecule has 0 aliphatic carbocycles. The lowest BCUT2D eigenvalue weighted by Gasteiger charge is -2.22. The fraction of sp³-hybridized carbons (Fsp3) is 0.233. The van der Waals surface area contributed by atoms with Crippen LogP contribution in [-0.2, 0) is 0 Å². The van der Waals surface area contributed by atoms with Gasteiger partial charge in [-0.15, -0.1) is 0 Å². The number of benzene rings is 3. The van der Waals surface area contributed by atoms with Crippen molar-refractivity contribution in [3.05, 3.63) is 89.3 Å². The Kier molecular flexibility index (Phi) is 6.88. The number of rotatable bonds is 6. The average molecular weight is 495 g/mol. The fourth-order valence-electron chi connectivity index (χ4n) is 4.67. The van der Waals surface area contributed by atoms with E-state index in [0.717, 1.165) is 52.2 Å². The summed E-state index contributed by atoms with van der Waals surface area (Å²) in [5.74, 6) is 1.76. The zero-order chi connectivity index (χ0) is 25.9. The summed E-state index contributed by atoms with van der Waals surface area (Å²) >= 11 is 0. The molecular formula is C30H30N4O3. The monoisotopic (exact) mass is 494 g/mol. The Labute approximate surface area is 216 Å². The topological polar surface area (TPSA) is 89.3 Å². The van der Waals surface area contributed by atoms with Crippen LogP contribution in [0.3, 0.4) is 0 Å². The Morgan fingerprint density at radius 3 is 2.49 bits per heavy atom. The molecule has 0 saturated carbocycles. The van der Waals surface area contributed by atoms with Crippen molar-refractivity contribution in [3.63, 3.8) is 0 Å². The number of nitrogens with one attached hydrogen (secondary N) is 2. The minimum Gasteiger partial charge on any atom is -0.496 e. The van der Waals surface area contributed by atoms with Crippen LogP contribution >= 0.6 is 0 Å². The van der Waals surface area contributed by atoms with Gasteiger partial charge in [0, 0.05) is 41.9 Å². The molecule has 0 fully saturated rings. The molecule has 7 heteroatoms. The summed E-state index contributed by atoms with van der Waals surface area (Å²) < 4.78 is 10.7. The van der Waals surface area contributed by atoms with Crippen molar-refractivity contribution < 1.29 is 14.1 Å². The Balaban J connectivity index is 1.33. The molecule has 1 atom stereocenters.